The summed E-state index contributed by atoms with van der Waals surface area (Å²) in [4.78, 5) is 25.1. The second-order valence-electron chi connectivity index (χ2n) is 6.50. The Morgan fingerprint density at radius 1 is 1.12 bits per heavy atom. The van der Waals surface area contributed by atoms with Crippen LogP contribution in [0.15, 0.2) is 30.3 Å². The van der Waals surface area contributed by atoms with E-state index in [1.807, 2.05) is 0 Å². The molecule has 1 amide bonds. The van der Waals surface area contributed by atoms with Gasteiger partial charge in [-0.3, -0.25) is 9.59 Å². The fraction of sp³-hybridized carbons (Fsp3) is 0.556. The molecule has 1 saturated heterocycles. The van der Waals surface area contributed by atoms with Gasteiger partial charge in [0.15, 0.2) is 5.78 Å². The Labute approximate surface area is 141 Å². The van der Waals surface area contributed by atoms with Gasteiger partial charge in [0.05, 0.1) is 18.3 Å². The normalized spacial score (nSPS) is 35.9. The highest BCUT2D eigenvalue weighted by Crippen LogP contribution is 2.37. The second kappa shape index (κ2) is 7.01. The summed E-state index contributed by atoms with van der Waals surface area (Å²) in [5.41, 5.74) is 0.434. The van der Waals surface area contributed by atoms with Gasteiger partial charge in [-0.15, -0.1) is 0 Å². The third-order valence-corrected chi connectivity index (χ3v) is 5.26. The van der Waals surface area contributed by atoms with Gasteiger partial charge in [0.25, 0.3) is 0 Å². The molecule has 1 aromatic carbocycles. The number of methoxy groups -OCH3 is 2. The van der Waals surface area contributed by atoms with Crippen LogP contribution in [0.1, 0.15) is 23.2 Å². The molecule has 24 heavy (non-hydrogen) atoms. The number of hydrogen-bond acceptors (Lipinski definition) is 5. The monoisotopic (exact) mass is 333 g/mol. The van der Waals surface area contributed by atoms with Gasteiger partial charge in [-0.25, -0.2) is 0 Å². The number of carbonyl (C=O) groups excluding carboxylic acids is 2. The van der Waals surface area contributed by atoms with Crippen molar-refractivity contribution in [3.8, 4) is 0 Å². The van der Waals surface area contributed by atoms with Gasteiger partial charge in [0.2, 0.25) is 5.91 Å². The molecule has 2 fully saturated rings. The summed E-state index contributed by atoms with van der Waals surface area (Å²) in [6, 6.07) is 8.41. The molecule has 6 atom stereocenters. The third-order valence-electron chi connectivity index (χ3n) is 5.26. The lowest BCUT2D eigenvalue weighted by Crippen LogP contribution is -2.63. The largest absolute Gasteiger partial charge is 0.391 e. The van der Waals surface area contributed by atoms with E-state index in [2.05, 4.69) is 5.32 Å². The standard InChI is InChI=1S/C18H23NO5/c1-23-13-8-11-12(9-14(13)24-2)19-18(22)15(17(11)21)16(20)10-6-4-3-5-7-10/h3-7,11-15,17,21H,8-9H2,1-2H3,(H,19,22). The first-order valence-electron chi connectivity index (χ1n) is 8.20. The molecule has 0 radical (unpaired) electrons. The highest BCUT2D eigenvalue weighted by Gasteiger charge is 2.51. The number of ether oxygens (including phenoxy) is 2. The van der Waals surface area contributed by atoms with Crippen molar-refractivity contribution in [3.63, 3.8) is 0 Å². The van der Waals surface area contributed by atoms with Crippen molar-refractivity contribution in [2.75, 3.05) is 14.2 Å². The molecule has 1 aliphatic carbocycles. The van der Waals surface area contributed by atoms with Crippen LogP contribution in [0.2, 0.25) is 0 Å². The van der Waals surface area contributed by atoms with Crippen LogP contribution in [0, 0.1) is 11.8 Å². The molecule has 6 heteroatoms. The SMILES string of the molecule is COC1CC2NC(=O)C(C(=O)c3ccccc3)C(O)C2CC1OC. The fourth-order valence-electron chi connectivity index (χ4n) is 3.93. The van der Waals surface area contributed by atoms with Gasteiger partial charge in [-0.2, -0.15) is 0 Å². The van der Waals surface area contributed by atoms with Crippen LogP contribution >= 0.6 is 0 Å². The number of nitrogens with one attached hydrogen (secondary N) is 1. The van der Waals surface area contributed by atoms with Crippen LogP contribution in [0.3, 0.4) is 0 Å². The predicted molar refractivity (Wildman–Crippen MR) is 86.5 cm³/mol. The predicted octanol–water partition coefficient (Wildman–Crippen LogP) is 0.785. The van der Waals surface area contributed by atoms with Gasteiger partial charge in [0.1, 0.15) is 5.92 Å². The van der Waals surface area contributed by atoms with E-state index in [9.17, 15) is 14.7 Å². The number of hydrogen-bond donors (Lipinski definition) is 2. The molecule has 0 aromatic heterocycles. The van der Waals surface area contributed by atoms with E-state index in [0.717, 1.165) is 0 Å². The Hall–Kier alpha value is -1.76. The number of Topliss-reactive ketones (excluding diaryl/α,β-unsaturated/α-hetero) is 1. The molecular formula is C18H23NO5. The molecule has 2 N–H and O–H groups in total. The first-order valence-corrected chi connectivity index (χ1v) is 8.20. The van der Waals surface area contributed by atoms with E-state index in [1.54, 1.807) is 44.6 Å². The van der Waals surface area contributed by atoms with Crippen LogP contribution in [0.4, 0.5) is 0 Å². The number of fused-ring (bicyclic) bond motifs is 1. The highest BCUT2D eigenvalue weighted by atomic mass is 16.5. The van der Waals surface area contributed by atoms with E-state index in [4.69, 9.17) is 9.47 Å². The molecule has 0 bridgehead atoms. The number of benzene rings is 1. The summed E-state index contributed by atoms with van der Waals surface area (Å²) in [5, 5.41) is 13.7. The van der Waals surface area contributed by atoms with Crippen LogP contribution in [0.25, 0.3) is 0 Å². The summed E-state index contributed by atoms with van der Waals surface area (Å²) < 4.78 is 10.9. The Morgan fingerprint density at radius 2 is 1.75 bits per heavy atom. The van der Waals surface area contributed by atoms with E-state index >= 15 is 0 Å². The number of aliphatic hydroxyl groups excluding tert-OH is 1. The van der Waals surface area contributed by atoms with Gasteiger partial charge >= 0.3 is 0 Å². The summed E-state index contributed by atoms with van der Waals surface area (Å²) in [6.45, 7) is 0. The Balaban J connectivity index is 1.82. The van der Waals surface area contributed by atoms with Gasteiger partial charge in [-0.1, -0.05) is 30.3 Å². The molecule has 1 aromatic rings. The zero-order valence-corrected chi connectivity index (χ0v) is 13.8. The van der Waals surface area contributed by atoms with Crippen molar-refractivity contribution < 1.29 is 24.2 Å². The number of carbonyl (C=O) groups is 2. The number of aliphatic hydroxyl groups is 1. The Kier molecular flexibility index (Phi) is 4.99. The minimum atomic E-state index is -1.08. The average Bonchev–Trinajstić information content (AvgIpc) is 2.61. The van der Waals surface area contributed by atoms with Crippen LogP contribution < -0.4 is 5.32 Å². The molecule has 3 rings (SSSR count). The smallest absolute Gasteiger partial charge is 0.233 e. The fourth-order valence-corrected chi connectivity index (χ4v) is 3.93. The first-order chi connectivity index (χ1) is 11.6. The maximum absolute atomic E-state index is 12.7. The quantitative estimate of drug-likeness (QED) is 0.628. The van der Waals surface area contributed by atoms with Crippen molar-refractivity contribution in [1.29, 1.82) is 0 Å². The van der Waals surface area contributed by atoms with E-state index in [1.165, 1.54) is 0 Å². The van der Waals surface area contributed by atoms with Crippen LogP contribution in [-0.2, 0) is 14.3 Å². The molecule has 1 aliphatic heterocycles. The molecule has 1 heterocycles. The molecule has 2 aliphatic rings. The zero-order chi connectivity index (χ0) is 17.3. The maximum atomic E-state index is 12.7. The molecule has 0 spiro atoms. The van der Waals surface area contributed by atoms with Gasteiger partial charge < -0.3 is 19.9 Å². The first kappa shape index (κ1) is 17.1. The van der Waals surface area contributed by atoms with Crippen LogP contribution in [0.5, 0.6) is 0 Å². The Bertz CT molecular complexity index is 605. The average molecular weight is 333 g/mol. The number of piperidine rings is 1. The minimum Gasteiger partial charge on any atom is -0.391 e. The lowest BCUT2D eigenvalue weighted by Gasteiger charge is -2.46. The van der Waals surface area contributed by atoms with Crippen molar-refractivity contribution in [3.05, 3.63) is 35.9 Å². The Morgan fingerprint density at radius 3 is 2.38 bits per heavy atom. The van der Waals surface area contributed by atoms with Crippen molar-refractivity contribution >= 4 is 11.7 Å². The third kappa shape index (κ3) is 2.97. The highest BCUT2D eigenvalue weighted by molar-refractivity contribution is 6.11. The summed E-state index contributed by atoms with van der Waals surface area (Å²) in [7, 11) is 3.22. The topological polar surface area (TPSA) is 84.9 Å². The van der Waals surface area contributed by atoms with Crippen LogP contribution in [-0.4, -0.2) is 55.4 Å². The maximum Gasteiger partial charge on any atom is 0.233 e. The molecule has 6 nitrogen and oxygen atoms in total. The summed E-state index contributed by atoms with van der Waals surface area (Å²) in [5.74, 6) is -2.06. The zero-order valence-electron chi connectivity index (χ0n) is 13.8. The lowest BCUT2D eigenvalue weighted by molar-refractivity contribution is -0.145. The summed E-state index contributed by atoms with van der Waals surface area (Å²) >= 11 is 0. The molecular weight excluding hydrogens is 310 g/mol. The molecule has 6 unspecified atom stereocenters. The van der Waals surface area contributed by atoms with Gasteiger partial charge in [-0.05, 0) is 12.8 Å². The molecule has 1 saturated carbocycles. The lowest BCUT2D eigenvalue weighted by atomic mass is 9.70. The van der Waals surface area contributed by atoms with Gasteiger partial charge in [0, 0.05) is 31.7 Å². The van der Waals surface area contributed by atoms with Crippen molar-refractivity contribution in [2.45, 2.75) is 37.2 Å². The van der Waals surface area contributed by atoms with E-state index < -0.39 is 17.9 Å². The number of ketones is 1. The number of rotatable bonds is 4. The van der Waals surface area contributed by atoms with E-state index in [-0.39, 0.29) is 30.0 Å². The molecule has 130 valence electrons. The number of amides is 1. The van der Waals surface area contributed by atoms with Crippen molar-refractivity contribution in [1.82, 2.24) is 5.32 Å². The minimum absolute atomic E-state index is 0.134. The van der Waals surface area contributed by atoms with E-state index in [0.29, 0.717) is 18.4 Å². The summed E-state index contributed by atoms with van der Waals surface area (Å²) in [6.07, 6.45) is -0.209. The van der Waals surface area contributed by atoms with Crippen molar-refractivity contribution in [2.24, 2.45) is 11.8 Å². The second-order valence-corrected chi connectivity index (χ2v) is 6.50.